The van der Waals surface area contributed by atoms with Gasteiger partial charge in [-0.15, -0.1) is 0 Å². The minimum Gasteiger partial charge on any atom is -0.224 e. The second-order valence-corrected chi connectivity index (χ2v) is 6.66. The van der Waals surface area contributed by atoms with Crippen LogP contribution in [0.4, 0.5) is 0 Å². The molecule has 0 aliphatic rings. The van der Waals surface area contributed by atoms with Gasteiger partial charge in [0, 0.05) is 0 Å². The van der Waals surface area contributed by atoms with Gasteiger partial charge < -0.3 is 0 Å². The predicted octanol–water partition coefficient (Wildman–Crippen LogP) is 3.94. The summed E-state index contributed by atoms with van der Waals surface area (Å²) in [7, 11) is -3.10. The number of hydrogen-bond acceptors (Lipinski definition) is 2. The van der Waals surface area contributed by atoms with E-state index in [1.807, 2.05) is 31.2 Å². The zero-order valence-corrected chi connectivity index (χ0v) is 12.2. The number of rotatable bonds is 6. The smallest absolute Gasteiger partial charge is 0.178 e. The maximum Gasteiger partial charge on any atom is 0.178 e. The van der Waals surface area contributed by atoms with Gasteiger partial charge in [0.15, 0.2) is 9.84 Å². The van der Waals surface area contributed by atoms with E-state index in [0.29, 0.717) is 10.8 Å². The van der Waals surface area contributed by atoms with Crippen LogP contribution < -0.4 is 0 Å². The monoisotopic (exact) mass is 266 g/mol. The van der Waals surface area contributed by atoms with Gasteiger partial charge in [0.1, 0.15) is 0 Å². The van der Waals surface area contributed by atoms with Gasteiger partial charge in [0.05, 0.1) is 10.6 Å². The fraction of sp³-hybridized carbons (Fsp3) is 0.467. The molecule has 0 aromatic heterocycles. The number of hydrogen-bond donors (Lipinski definition) is 0. The van der Waals surface area contributed by atoms with E-state index >= 15 is 0 Å². The van der Waals surface area contributed by atoms with Crippen LogP contribution in [0.3, 0.4) is 0 Å². The lowest BCUT2D eigenvalue weighted by atomic mass is 9.93. The summed E-state index contributed by atoms with van der Waals surface area (Å²) in [5, 5.41) is 0. The molecule has 0 saturated carbocycles. The summed E-state index contributed by atoms with van der Waals surface area (Å²) in [6.45, 7) is 5.82. The molecule has 0 fully saturated rings. The van der Waals surface area contributed by atoms with Gasteiger partial charge in [-0.2, -0.15) is 0 Å². The van der Waals surface area contributed by atoms with Crippen molar-refractivity contribution in [3.63, 3.8) is 0 Å². The molecule has 0 saturated heterocycles. The fourth-order valence-corrected chi connectivity index (χ4v) is 2.90. The van der Waals surface area contributed by atoms with E-state index < -0.39 is 9.84 Å². The predicted molar refractivity (Wildman–Crippen MR) is 76.6 cm³/mol. The first-order valence-corrected chi connectivity index (χ1v) is 8.14. The average molecular weight is 266 g/mol. The Balaban J connectivity index is 3.07. The molecule has 1 aromatic rings. The van der Waals surface area contributed by atoms with Gasteiger partial charge in [-0.3, -0.25) is 0 Å². The van der Waals surface area contributed by atoms with Crippen LogP contribution in [0, 0.1) is 0 Å². The first-order chi connectivity index (χ1) is 8.55. The summed E-state index contributed by atoms with van der Waals surface area (Å²) in [5.41, 5.74) is 1.12. The van der Waals surface area contributed by atoms with Crippen molar-refractivity contribution >= 4 is 9.84 Å². The van der Waals surface area contributed by atoms with Crippen molar-refractivity contribution < 1.29 is 8.42 Å². The van der Waals surface area contributed by atoms with Crippen LogP contribution in [-0.2, 0) is 9.84 Å². The molecule has 0 N–H and O–H groups in total. The Hall–Kier alpha value is -1.09. The summed E-state index contributed by atoms with van der Waals surface area (Å²) < 4.78 is 23.7. The lowest BCUT2D eigenvalue weighted by Gasteiger charge is -2.14. The molecule has 1 unspecified atom stereocenters. The highest BCUT2D eigenvalue weighted by molar-refractivity contribution is 7.91. The lowest BCUT2D eigenvalue weighted by molar-refractivity contribution is 0.596. The molecule has 3 heteroatoms. The van der Waals surface area contributed by atoms with E-state index in [-0.39, 0.29) is 5.75 Å². The first kappa shape index (κ1) is 15.0. The maximum absolute atomic E-state index is 11.9. The molecule has 1 atom stereocenters. The summed E-state index contributed by atoms with van der Waals surface area (Å²) in [6, 6.07) is 7.38. The van der Waals surface area contributed by atoms with Crippen LogP contribution >= 0.6 is 0 Å². The van der Waals surface area contributed by atoms with Crippen molar-refractivity contribution in [2.24, 2.45) is 0 Å². The van der Waals surface area contributed by atoms with E-state index in [0.717, 1.165) is 18.4 Å². The Morgan fingerprint density at radius 1 is 1.28 bits per heavy atom. The van der Waals surface area contributed by atoms with Crippen LogP contribution in [0.25, 0.3) is 0 Å². The maximum atomic E-state index is 11.9. The van der Waals surface area contributed by atoms with Gasteiger partial charge in [-0.25, -0.2) is 8.42 Å². The highest BCUT2D eigenvalue weighted by Gasteiger charge is 2.14. The lowest BCUT2D eigenvalue weighted by Crippen LogP contribution is -2.05. The average Bonchev–Trinajstić information content (AvgIpc) is 2.40. The van der Waals surface area contributed by atoms with Crippen molar-refractivity contribution in [1.82, 2.24) is 0 Å². The Morgan fingerprint density at radius 2 is 2.00 bits per heavy atom. The molecule has 0 aliphatic heterocycles. The Morgan fingerprint density at radius 3 is 2.56 bits per heavy atom. The van der Waals surface area contributed by atoms with Gasteiger partial charge >= 0.3 is 0 Å². The zero-order chi connectivity index (χ0) is 13.6. The van der Waals surface area contributed by atoms with Gasteiger partial charge in [0.2, 0.25) is 0 Å². The topological polar surface area (TPSA) is 34.1 Å². The normalized spacial score (nSPS) is 13.9. The zero-order valence-electron chi connectivity index (χ0n) is 11.4. The number of allylic oxidation sites excluding steroid dienone is 2. The van der Waals surface area contributed by atoms with Crippen LogP contribution in [0.5, 0.6) is 0 Å². The summed E-state index contributed by atoms with van der Waals surface area (Å²) in [6.07, 6.45) is 6.15. The molecule has 0 spiro atoms. The van der Waals surface area contributed by atoms with Gasteiger partial charge in [-0.1, -0.05) is 38.1 Å². The van der Waals surface area contributed by atoms with Crippen LogP contribution in [0.2, 0.25) is 0 Å². The van der Waals surface area contributed by atoms with E-state index in [2.05, 4.69) is 13.0 Å². The number of sulfone groups is 1. The molecule has 100 valence electrons. The third kappa shape index (κ3) is 3.70. The van der Waals surface area contributed by atoms with Crippen molar-refractivity contribution in [1.29, 1.82) is 0 Å². The van der Waals surface area contributed by atoms with Crippen LogP contribution in [-0.4, -0.2) is 14.2 Å². The van der Waals surface area contributed by atoms with Crippen molar-refractivity contribution in [2.75, 3.05) is 5.75 Å². The third-order valence-corrected chi connectivity index (χ3v) is 4.95. The summed E-state index contributed by atoms with van der Waals surface area (Å²) in [5.74, 6) is 0.551. The standard InChI is InChI=1S/C15H22O2S/c1-4-7-9-13(5-2)14-10-8-11-15(12-14)18(16,17)6-3/h4,7-8,10-13H,5-6,9H2,1-3H3/b7-4-. The Kier molecular flexibility index (Phi) is 5.60. The SMILES string of the molecule is C/C=C\CC(CC)c1cccc(S(=O)(=O)CC)c1. The van der Waals surface area contributed by atoms with Gasteiger partial charge in [-0.05, 0) is 43.4 Å². The van der Waals surface area contributed by atoms with E-state index in [1.165, 1.54) is 0 Å². The quantitative estimate of drug-likeness (QED) is 0.731. The molecule has 1 aromatic carbocycles. The molecule has 0 radical (unpaired) electrons. The second kappa shape index (κ2) is 6.74. The van der Waals surface area contributed by atoms with E-state index in [4.69, 9.17) is 0 Å². The van der Waals surface area contributed by atoms with Crippen LogP contribution in [0.1, 0.15) is 45.1 Å². The summed E-state index contributed by atoms with van der Waals surface area (Å²) >= 11 is 0. The second-order valence-electron chi connectivity index (χ2n) is 4.39. The third-order valence-electron chi connectivity index (χ3n) is 3.22. The minimum absolute atomic E-state index is 0.155. The first-order valence-electron chi connectivity index (χ1n) is 6.49. The molecule has 0 bridgehead atoms. The molecule has 18 heavy (non-hydrogen) atoms. The van der Waals surface area contributed by atoms with Crippen molar-refractivity contribution in [2.45, 2.75) is 44.4 Å². The largest absolute Gasteiger partial charge is 0.224 e. The molecule has 1 rings (SSSR count). The Labute approximate surface area is 111 Å². The minimum atomic E-state index is -3.10. The molecule has 2 nitrogen and oxygen atoms in total. The van der Waals surface area contributed by atoms with E-state index in [1.54, 1.807) is 13.0 Å². The van der Waals surface area contributed by atoms with Crippen LogP contribution in [0.15, 0.2) is 41.3 Å². The Bertz CT molecular complexity index is 501. The van der Waals surface area contributed by atoms with Crippen molar-refractivity contribution in [3.8, 4) is 0 Å². The molecule has 0 aliphatic carbocycles. The number of benzene rings is 1. The molecule has 0 heterocycles. The summed E-state index contributed by atoms with van der Waals surface area (Å²) in [4.78, 5) is 0.446. The molecular formula is C15H22O2S. The molecule has 0 amide bonds. The molecular weight excluding hydrogens is 244 g/mol. The highest BCUT2D eigenvalue weighted by atomic mass is 32.2. The van der Waals surface area contributed by atoms with Crippen molar-refractivity contribution in [3.05, 3.63) is 42.0 Å². The van der Waals surface area contributed by atoms with Gasteiger partial charge in [0.25, 0.3) is 0 Å². The van der Waals surface area contributed by atoms with E-state index in [9.17, 15) is 8.42 Å². The highest BCUT2D eigenvalue weighted by Crippen LogP contribution is 2.26. The fourth-order valence-electron chi connectivity index (χ4n) is 1.97.